The first-order valence-electron chi connectivity index (χ1n) is 11.3. The van der Waals surface area contributed by atoms with Crippen LogP contribution in [-0.4, -0.2) is 56.0 Å². The van der Waals surface area contributed by atoms with Crippen LogP contribution in [0.25, 0.3) is 0 Å². The van der Waals surface area contributed by atoms with Crippen molar-refractivity contribution in [1.29, 1.82) is 0 Å². The van der Waals surface area contributed by atoms with E-state index in [1.54, 1.807) is 4.90 Å². The van der Waals surface area contributed by atoms with Crippen molar-refractivity contribution in [3.63, 3.8) is 0 Å². The van der Waals surface area contributed by atoms with Gasteiger partial charge in [-0.15, -0.1) is 0 Å². The van der Waals surface area contributed by atoms with E-state index in [4.69, 9.17) is 4.74 Å². The molecule has 1 aliphatic heterocycles. The predicted octanol–water partition coefficient (Wildman–Crippen LogP) is 3.82. The van der Waals surface area contributed by atoms with Gasteiger partial charge in [-0.05, 0) is 60.9 Å². The van der Waals surface area contributed by atoms with E-state index in [9.17, 15) is 4.79 Å². The first kappa shape index (κ1) is 20.9. The number of amides is 1. The van der Waals surface area contributed by atoms with Gasteiger partial charge in [0.2, 0.25) is 5.91 Å². The summed E-state index contributed by atoms with van der Waals surface area (Å²) >= 11 is 0. The van der Waals surface area contributed by atoms with Crippen LogP contribution in [-0.2, 0) is 24.1 Å². The van der Waals surface area contributed by atoms with Gasteiger partial charge >= 0.3 is 0 Å². The third kappa shape index (κ3) is 5.23. The van der Waals surface area contributed by atoms with Gasteiger partial charge in [0.15, 0.2) is 0 Å². The molecule has 2 aromatic rings. The number of hydrogen-bond donors (Lipinski definition) is 0. The highest BCUT2D eigenvalue weighted by atomic mass is 16.5. The van der Waals surface area contributed by atoms with Gasteiger partial charge in [-0.3, -0.25) is 4.79 Å². The lowest BCUT2D eigenvalue weighted by Gasteiger charge is -2.38. The van der Waals surface area contributed by atoms with E-state index in [0.29, 0.717) is 12.5 Å². The zero-order valence-electron chi connectivity index (χ0n) is 18.3. The fourth-order valence-corrected chi connectivity index (χ4v) is 4.93. The molecule has 0 saturated carbocycles. The Morgan fingerprint density at radius 2 is 1.87 bits per heavy atom. The van der Waals surface area contributed by atoms with Crippen molar-refractivity contribution in [2.45, 2.75) is 32.1 Å². The summed E-state index contributed by atoms with van der Waals surface area (Å²) in [6, 6.07) is 17.2. The maximum Gasteiger partial charge on any atom is 0.226 e. The van der Waals surface area contributed by atoms with Gasteiger partial charge in [0.1, 0.15) is 5.75 Å². The van der Waals surface area contributed by atoms with Gasteiger partial charge in [-0.1, -0.05) is 36.4 Å². The van der Waals surface area contributed by atoms with Crippen LogP contribution in [0.5, 0.6) is 5.75 Å². The average molecular weight is 407 g/mol. The molecule has 4 nitrogen and oxygen atoms in total. The van der Waals surface area contributed by atoms with E-state index in [2.05, 4.69) is 53.4 Å². The third-order valence-electron chi connectivity index (χ3n) is 6.52. The van der Waals surface area contributed by atoms with Gasteiger partial charge in [-0.25, -0.2) is 0 Å². The molecule has 1 saturated heterocycles. The van der Waals surface area contributed by atoms with E-state index in [0.717, 1.165) is 38.2 Å². The summed E-state index contributed by atoms with van der Waals surface area (Å²) in [7, 11) is 3.72. The molecule has 4 heteroatoms. The molecule has 0 bridgehead atoms. The summed E-state index contributed by atoms with van der Waals surface area (Å²) in [5.41, 5.74) is 4.27. The van der Waals surface area contributed by atoms with E-state index >= 15 is 0 Å². The second-order valence-corrected chi connectivity index (χ2v) is 9.12. The molecule has 0 spiro atoms. The molecule has 30 heavy (non-hydrogen) atoms. The van der Waals surface area contributed by atoms with E-state index < -0.39 is 0 Å². The molecule has 2 atom stereocenters. The van der Waals surface area contributed by atoms with Crippen LogP contribution in [0, 0.1) is 11.8 Å². The molecule has 1 fully saturated rings. The Morgan fingerprint density at radius 1 is 1.07 bits per heavy atom. The molecule has 0 unspecified atom stereocenters. The van der Waals surface area contributed by atoms with Crippen molar-refractivity contribution in [3.05, 3.63) is 65.2 Å². The molecule has 4 rings (SSSR count). The van der Waals surface area contributed by atoms with Gasteiger partial charge in [0.05, 0.1) is 12.5 Å². The predicted molar refractivity (Wildman–Crippen MR) is 121 cm³/mol. The molecule has 160 valence electrons. The SMILES string of the molecule is CN(C)C(=O)[C@@H]1C[C@H](COc2ccc3c(c2)CCC3)CN(CCc2ccccc2)C1. The number of aryl methyl sites for hydroxylation is 2. The van der Waals surface area contributed by atoms with E-state index in [-0.39, 0.29) is 11.8 Å². The van der Waals surface area contributed by atoms with Crippen molar-refractivity contribution in [1.82, 2.24) is 9.80 Å². The molecule has 0 radical (unpaired) electrons. The molecular weight excluding hydrogens is 372 g/mol. The minimum atomic E-state index is 0.0538. The van der Waals surface area contributed by atoms with Crippen molar-refractivity contribution in [2.24, 2.45) is 11.8 Å². The summed E-state index contributed by atoms with van der Waals surface area (Å²) in [5, 5.41) is 0. The van der Waals surface area contributed by atoms with Crippen LogP contribution < -0.4 is 4.74 Å². The maximum absolute atomic E-state index is 12.7. The minimum absolute atomic E-state index is 0.0538. The highest BCUT2D eigenvalue weighted by Crippen LogP contribution is 2.28. The first-order chi connectivity index (χ1) is 14.6. The summed E-state index contributed by atoms with van der Waals surface area (Å²) < 4.78 is 6.22. The van der Waals surface area contributed by atoms with E-state index in [1.807, 2.05) is 14.1 Å². The molecule has 1 aliphatic carbocycles. The molecule has 1 heterocycles. The van der Waals surface area contributed by atoms with Crippen molar-refractivity contribution in [3.8, 4) is 5.75 Å². The Bertz CT molecular complexity index is 849. The fraction of sp³-hybridized carbons (Fsp3) is 0.500. The Hall–Kier alpha value is -2.33. The largest absolute Gasteiger partial charge is 0.493 e. The molecule has 2 aliphatic rings. The zero-order chi connectivity index (χ0) is 20.9. The molecule has 1 amide bonds. The lowest BCUT2D eigenvalue weighted by atomic mass is 9.88. The Morgan fingerprint density at radius 3 is 2.67 bits per heavy atom. The molecular formula is C26H34N2O2. The van der Waals surface area contributed by atoms with Crippen molar-refractivity contribution < 1.29 is 9.53 Å². The highest BCUT2D eigenvalue weighted by Gasteiger charge is 2.32. The van der Waals surface area contributed by atoms with Crippen LogP contribution in [0.4, 0.5) is 0 Å². The quantitative estimate of drug-likeness (QED) is 0.701. The number of piperidine rings is 1. The fourth-order valence-electron chi connectivity index (χ4n) is 4.93. The number of nitrogens with zero attached hydrogens (tertiary/aromatic N) is 2. The number of fused-ring (bicyclic) bond motifs is 1. The van der Waals surface area contributed by atoms with Crippen LogP contribution >= 0.6 is 0 Å². The van der Waals surface area contributed by atoms with Crippen LogP contribution in [0.15, 0.2) is 48.5 Å². The van der Waals surface area contributed by atoms with Crippen LogP contribution in [0.2, 0.25) is 0 Å². The lowest BCUT2D eigenvalue weighted by molar-refractivity contribution is -0.135. The minimum Gasteiger partial charge on any atom is -0.493 e. The Kier molecular flexibility index (Phi) is 6.73. The second kappa shape index (κ2) is 9.65. The second-order valence-electron chi connectivity index (χ2n) is 9.12. The highest BCUT2D eigenvalue weighted by molar-refractivity contribution is 5.78. The Balaban J connectivity index is 1.38. The van der Waals surface area contributed by atoms with Crippen molar-refractivity contribution in [2.75, 3.05) is 40.3 Å². The summed E-state index contributed by atoms with van der Waals surface area (Å²) in [5.74, 6) is 1.64. The molecule has 2 aromatic carbocycles. The smallest absolute Gasteiger partial charge is 0.226 e. The topological polar surface area (TPSA) is 32.8 Å². The number of rotatable bonds is 7. The van der Waals surface area contributed by atoms with Gasteiger partial charge in [0, 0.05) is 39.6 Å². The number of carbonyl (C=O) groups excluding carboxylic acids is 1. The van der Waals surface area contributed by atoms with Crippen LogP contribution in [0.3, 0.4) is 0 Å². The van der Waals surface area contributed by atoms with Gasteiger partial charge in [-0.2, -0.15) is 0 Å². The molecule has 0 N–H and O–H groups in total. The van der Waals surface area contributed by atoms with E-state index in [1.165, 1.54) is 36.0 Å². The lowest BCUT2D eigenvalue weighted by Crippen LogP contribution is -2.48. The number of likely N-dealkylation sites (tertiary alicyclic amines) is 1. The zero-order valence-corrected chi connectivity index (χ0v) is 18.3. The summed E-state index contributed by atoms with van der Waals surface area (Å²) in [4.78, 5) is 16.9. The maximum atomic E-state index is 12.7. The monoisotopic (exact) mass is 406 g/mol. The summed E-state index contributed by atoms with van der Waals surface area (Å²) in [6.07, 6.45) is 5.55. The van der Waals surface area contributed by atoms with Crippen molar-refractivity contribution >= 4 is 5.91 Å². The number of benzene rings is 2. The third-order valence-corrected chi connectivity index (χ3v) is 6.52. The summed E-state index contributed by atoms with van der Waals surface area (Å²) in [6.45, 7) is 3.50. The number of ether oxygens (including phenoxy) is 1. The van der Waals surface area contributed by atoms with Crippen LogP contribution in [0.1, 0.15) is 29.5 Å². The standard InChI is InChI=1S/C26H34N2O2/c1-27(2)26(29)24-15-21(17-28(18-24)14-13-20-7-4-3-5-8-20)19-30-25-12-11-22-9-6-10-23(22)16-25/h3-5,7-8,11-12,16,21,24H,6,9-10,13-15,17-19H2,1-2H3/t21-,24+/m0/s1. The normalized spacial score (nSPS) is 21.3. The Labute approximate surface area is 180 Å². The average Bonchev–Trinajstić information content (AvgIpc) is 3.24. The number of hydrogen-bond acceptors (Lipinski definition) is 3. The molecule has 0 aromatic heterocycles. The van der Waals surface area contributed by atoms with Gasteiger partial charge < -0.3 is 14.5 Å². The first-order valence-corrected chi connectivity index (χ1v) is 11.3. The number of carbonyl (C=O) groups is 1. The van der Waals surface area contributed by atoms with Gasteiger partial charge in [0.25, 0.3) is 0 Å².